The lowest BCUT2D eigenvalue weighted by atomic mass is 9.81. The summed E-state index contributed by atoms with van der Waals surface area (Å²) in [4.78, 5) is 20.6. The fourth-order valence-corrected chi connectivity index (χ4v) is 13.3. The van der Waals surface area contributed by atoms with E-state index < -0.39 is 0 Å². The van der Waals surface area contributed by atoms with E-state index in [1.807, 2.05) is 36.4 Å². The Morgan fingerprint density at radius 2 is 0.803 bits per heavy atom. The largest absolute Gasteiger partial charge is 0.333 e. The Labute approximate surface area is 414 Å². The minimum absolute atomic E-state index is 0.0627. The highest BCUT2D eigenvalue weighted by atomic mass is 15.3. The molecule has 9 aromatic carbocycles. The maximum absolute atomic E-state index is 5.28. The van der Waals surface area contributed by atoms with Crippen molar-refractivity contribution in [3.63, 3.8) is 0 Å². The van der Waals surface area contributed by atoms with Crippen LogP contribution in [0.4, 0.5) is 23.0 Å². The van der Waals surface area contributed by atoms with Crippen molar-refractivity contribution in [1.82, 2.24) is 15.0 Å². The highest BCUT2D eigenvalue weighted by Crippen LogP contribution is 2.60. The summed E-state index contributed by atoms with van der Waals surface area (Å²) in [7, 11) is 0. The van der Waals surface area contributed by atoms with E-state index in [4.69, 9.17) is 15.0 Å². The molecule has 3 heterocycles. The van der Waals surface area contributed by atoms with Gasteiger partial charge in [0.15, 0.2) is 11.6 Å². The SMILES string of the molecule is CC1(C)c2ccc(-c3ccc4c(c3)C3Cc5ccccc5C3N4c3ccccc3)cc2-c2cc(-c3ccc4c(c3)C3Cc5ccccc5C3N4c3nc(-c4ccccc4)nc(-c4ccccc4)n3)ccc21. The molecule has 0 bridgehead atoms. The van der Waals surface area contributed by atoms with Gasteiger partial charge in [-0.15, -0.1) is 0 Å². The lowest BCUT2D eigenvalue weighted by Gasteiger charge is -2.28. The fraction of sp³-hybridized carbons (Fsp3) is 0.136. The predicted molar refractivity (Wildman–Crippen MR) is 288 cm³/mol. The zero-order valence-electron chi connectivity index (χ0n) is 39.7. The van der Waals surface area contributed by atoms with Crippen molar-refractivity contribution in [1.29, 1.82) is 0 Å². The van der Waals surface area contributed by atoms with E-state index in [0.29, 0.717) is 29.6 Å². The molecule has 5 nitrogen and oxygen atoms in total. The maximum Gasteiger partial charge on any atom is 0.234 e. The second-order valence-electron chi connectivity index (χ2n) is 20.7. The summed E-state index contributed by atoms with van der Waals surface area (Å²) in [6, 6.07) is 78.7. The van der Waals surface area contributed by atoms with Crippen LogP contribution in [0.5, 0.6) is 0 Å². The molecule has 1 aromatic heterocycles. The van der Waals surface area contributed by atoms with Crippen molar-refractivity contribution in [3.8, 4) is 56.2 Å². The van der Waals surface area contributed by atoms with E-state index in [1.165, 1.54) is 89.3 Å². The van der Waals surface area contributed by atoms with Gasteiger partial charge in [0, 0.05) is 45.4 Å². The summed E-state index contributed by atoms with van der Waals surface area (Å²) < 4.78 is 0. The molecule has 0 amide bonds. The molecule has 2 aliphatic heterocycles. The molecular formula is C66H49N5. The van der Waals surface area contributed by atoms with Crippen molar-refractivity contribution >= 4 is 23.0 Å². The van der Waals surface area contributed by atoms with Crippen LogP contribution in [0, 0.1) is 0 Å². The number of rotatable bonds is 6. The molecule has 0 fully saturated rings. The topological polar surface area (TPSA) is 45.2 Å². The van der Waals surface area contributed by atoms with E-state index in [1.54, 1.807) is 0 Å². The van der Waals surface area contributed by atoms with Crippen LogP contribution in [0.3, 0.4) is 0 Å². The summed E-state index contributed by atoms with van der Waals surface area (Å²) in [6.07, 6.45) is 2.03. The third-order valence-corrected chi connectivity index (χ3v) is 16.6. The van der Waals surface area contributed by atoms with E-state index >= 15 is 0 Å². The summed E-state index contributed by atoms with van der Waals surface area (Å²) in [5, 5.41) is 0. The maximum atomic E-state index is 5.28. The van der Waals surface area contributed by atoms with Crippen LogP contribution < -0.4 is 9.80 Å². The monoisotopic (exact) mass is 911 g/mol. The zero-order valence-corrected chi connectivity index (χ0v) is 39.7. The fourth-order valence-electron chi connectivity index (χ4n) is 13.3. The molecule has 0 saturated carbocycles. The number of aromatic nitrogens is 3. The van der Waals surface area contributed by atoms with Crippen molar-refractivity contribution in [2.75, 3.05) is 9.80 Å². The van der Waals surface area contributed by atoms with Gasteiger partial charge in [0.1, 0.15) is 0 Å². The van der Waals surface area contributed by atoms with Gasteiger partial charge in [-0.05, 0) is 139 Å². The lowest BCUT2D eigenvalue weighted by Crippen LogP contribution is -2.22. The standard InChI is InChI=1S/C66H49N5/c1-66(2)57-30-26-42(44-28-32-59-53(36-44)55-38-46-20-12-14-24-49(46)61(55)70(59)48-22-10-5-11-23-48)34-51(57)52-35-43(27-31-58(52)66)45-29-33-60-54(37-45)56-39-47-21-13-15-25-50(47)62(56)71(60)65-68-63(40-16-6-3-7-17-40)67-64(69-65)41-18-8-4-9-19-41/h3-37,55-56,61-62H,38-39H2,1-2H3. The summed E-state index contributed by atoms with van der Waals surface area (Å²) in [5.74, 6) is 2.67. The van der Waals surface area contributed by atoms with Gasteiger partial charge in [-0.2, -0.15) is 9.97 Å². The Balaban J connectivity index is 0.820. The number of hydrogen-bond donors (Lipinski definition) is 0. The third-order valence-electron chi connectivity index (χ3n) is 16.6. The van der Waals surface area contributed by atoms with E-state index in [0.717, 1.165) is 29.7 Å². The van der Waals surface area contributed by atoms with Crippen LogP contribution in [0.25, 0.3) is 56.2 Å². The van der Waals surface area contributed by atoms with Crippen LogP contribution in [-0.4, -0.2) is 15.0 Å². The average molecular weight is 912 g/mol. The van der Waals surface area contributed by atoms with Crippen LogP contribution >= 0.6 is 0 Å². The molecule has 3 aliphatic carbocycles. The highest BCUT2D eigenvalue weighted by Gasteiger charge is 2.48. The molecule has 71 heavy (non-hydrogen) atoms. The highest BCUT2D eigenvalue weighted by molar-refractivity contribution is 5.89. The molecule has 5 aliphatic rings. The van der Waals surface area contributed by atoms with Crippen molar-refractivity contribution < 1.29 is 0 Å². The Kier molecular flexibility index (Phi) is 8.72. The second kappa shape index (κ2) is 15.3. The smallest absolute Gasteiger partial charge is 0.234 e. The van der Waals surface area contributed by atoms with Crippen molar-refractivity contribution in [3.05, 3.63) is 257 Å². The Bertz CT molecular complexity index is 3730. The van der Waals surface area contributed by atoms with Crippen LogP contribution in [0.2, 0.25) is 0 Å². The summed E-state index contributed by atoms with van der Waals surface area (Å²) in [5.41, 5.74) is 24.4. The third kappa shape index (κ3) is 6.08. The first-order chi connectivity index (χ1) is 34.9. The Morgan fingerprint density at radius 1 is 0.380 bits per heavy atom. The molecule has 10 aromatic rings. The molecule has 4 atom stereocenters. The number of nitrogens with zero attached hydrogens (tertiary/aromatic N) is 5. The van der Waals surface area contributed by atoms with Gasteiger partial charge in [0.2, 0.25) is 5.95 Å². The summed E-state index contributed by atoms with van der Waals surface area (Å²) >= 11 is 0. The normalized spacial score (nSPS) is 19.1. The van der Waals surface area contributed by atoms with Crippen molar-refractivity contribution in [2.24, 2.45) is 0 Å². The number of para-hydroxylation sites is 1. The molecule has 0 radical (unpaired) electrons. The minimum atomic E-state index is -0.123. The predicted octanol–water partition coefficient (Wildman–Crippen LogP) is 15.9. The Hall–Kier alpha value is -8.41. The first kappa shape index (κ1) is 40.5. The Morgan fingerprint density at radius 3 is 1.32 bits per heavy atom. The van der Waals surface area contributed by atoms with Gasteiger partial charge in [0.05, 0.1) is 12.1 Å². The molecule has 0 N–H and O–H groups in total. The van der Waals surface area contributed by atoms with E-state index in [9.17, 15) is 0 Å². The van der Waals surface area contributed by atoms with Gasteiger partial charge in [-0.1, -0.05) is 178 Å². The second-order valence-corrected chi connectivity index (χ2v) is 20.7. The molecule has 15 rings (SSSR count). The lowest BCUT2D eigenvalue weighted by molar-refractivity contribution is 0.625. The van der Waals surface area contributed by atoms with Gasteiger partial charge in [-0.25, -0.2) is 4.98 Å². The molecule has 0 spiro atoms. The number of hydrogen-bond acceptors (Lipinski definition) is 5. The van der Waals surface area contributed by atoms with E-state index in [2.05, 4.69) is 200 Å². The van der Waals surface area contributed by atoms with Crippen LogP contribution in [0.1, 0.15) is 82.3 Å². The average Bonchev–Trinajstić information content (AvgIpc) is 4.22. The quantitative estimate of drug-likeness (QED) is 0.166. The van der Waals surface area contributed by atoms with Crippen LogP contribution in [-0.2, 0) is 18.3 Å². The number of fused-ring (bicyclic) bond motifs is 13. The van der Waals surface area contributed by atoms with Crippen molar-refractivity contribution in [2.45, 2.75) is 56.0 Å². The van der Waals surface area contributed by atoms with Gasteiger partial charge >= 0.3 is 0 Å². The summed E-state index contributed by atoms with van der Waals surface area (Å²) in [6.45, 7) is 4.77. The van der Waals surface area contributed by atoms with Gasteiger partial charge in [-0.3, -0.25) is 0 Å². The number of benzene rings is 9. The van der Waals surface area contributed by atoms with Gasteiger partial charge < -0.3 is 9.80 Å². The zero-order chi connectivity index (χ0) is 47.0. The molecule has 0 saturated heterocycles. The first-order valence-electron chi connectivity index (χ1n) is 25.2. The molecule has 5 heteroatoms. The first-order valence-corrected chi connectivity index (χ1v) is 25.2. The number of anilines is 4. The molecule has 338 valence electrons. The minimum Gasteiger partial charge on any atom is -0.333 e. The van der Waals surface area contributed by atoms with E-state index in [-0.39, 0.29) is 17.4 Å². The molecular weight excluding hydrogens is 863 g/mol. The van der Waals surface area contributed by atoms with Gasteiger partial charge in [0.25, 0.3) is 0 Å². The van der Waals surface area contributed by atoms with Crippen LogP contribution in [0.15, 0.2) is 212 Å². The molecule has 4 unspecified atom stereocenters.